The van der Waals surface area contributed by atoms with E-state index in [0.717, 1.165) is 38.6 Å². The minimum Gasteiger partial charge on any atom is -0.496 e. The number of hydrogen-bond acceptors (Lipinski definition) is 5. The predicted molar refractivity (Wildman–Crippen MR) is 145 cm³/mol. The number of hydrogen-bond donors (Lipinski definition) is 1. The number of furan rings is 1. The van der Waals surface area contributed by atoms with Crippen LogP contribution >= 0.6 is 0 Å². The van der Waals surface area contributed by atoms with Gasteiger partial charge in [-0.2, -0.15) is 0 Å². The highest BCUT2D eigenvalue weighted by Crippen LogP contribution is 2.38. The monoisotopic (exact) mass is 491 g/mol. The van der Waals surface area contributed by atoms with E-state index in [9.17, 15) is 4.79 Å². The van der Waals surface area contributed by atoms with Gasteiger partial charge < -0.3 is 23.9 Å². The summed E-state index contributed by atoms with van der Waals surface area (Å²) in [4.78, 5) is 12.9. The maximum atomic E-state index is 12.9. The summed E-state index contributed by atoms with van der Waals surface area (Å²) in [5.74, 6) is 1.68. The molecule has 6 heteroatoms. The molecule has 0 radical (unpaired) electrons. The molecule has 0 bridgehead atoms. The van der Waals surface area contributed by atoms with Crippen LogP contribution in [0.1, 0.15) is 12.5 Å². The van der Waals surface area contributed by atoms with Gasteiger partial charge in [-0.1, -0.05) is 36.4 Å². The summed E-state index contributed by atoms with van der Waals surface area (Å²) in [5, 5.41) is 6.20. The number of carbonyl (C=O) groups excluding carboxylic acids is 1. The van der Waals surface area contributed by atoms with Crippen molar-refractivity contribution < 1.29 is 23.4 Å². The number of anilines is 1. The lowest BCUT2D eigenvalue weighted by atomic mass is 9.97. The molecule has 4 aromatic carbocycles. The number of rotatable bonds is 5. The SMILES string of the molecule is COc1cc2occ(-c3ccc4ccccc4c3)c2cc1/C(C)=C/C(=O)Nc1ccc2c(c1)OCCO2. The molecule has 0 spiro atoms. The van der Waals surface area contributed by atoms with E-state index in [2.05, 4.69) is 35.6 Å². The normalized spacial score (nSPS) is 13.1. The van der Waals surface area contributed by atoms with Crippen molar-refractivity contribution in [2.75, 3.05) is 25.6 Å². The zero-order valence-corrected chi connectivity index (χ0v) is 20.5. The van der Waals surface area contributed by atoms with Crippen molar-refractivity contribution in [2.24, 2.45) is 0 Å². The number of amides is 1. The van der Waals surface area contributed by atoms with Crippen molar-refractivity contribution in [3.05, 3.63) is 90.7 Å². The van der Waals surface area contributed by atoms with E-state index >= 15 is 0 Å². The lowest BCUT2D eigenvalue weighted by Gasteiger charge is -2.18. The zero-order chi connectivity index (χ0) is 25.4. The van der Waals surface area contributed by atoms with Crippen molar-refractivity contribution in [3.8, 4) is 28.4 Å². The molecule has 1 aliphatic rings. The van der Waals surface area contributed by atoms with E-state index in [0.29, 0.717) is 36.1 Å². The Hall–Kier alpha value is -4.71. The van der Waals surface area contributed by atoms with Gasteiger partial charge in [0.1, 0.15) is 24.5 Å². The van der Waals surface area contributed by atoms with Gasteiger partial charge in [0, 0.05) is 40.4 Å². The number of allylic oxidation sites excluding steroid dienone is 1. The quantitative estimate of drug-likeness (QED) is 0.266. The Bertz CT molecular complexity index is 1680. The van der Waals surface area contributed by atoms with Crippen LogP contribution in [0.4, 0.5) is 5.69 Å². The highest BCUT2D eigenvalue weighted by atomic mass is 16.6. The molecule has 6 rings (SSSR count). The third-order valence-electron chi connectivity index (χ3n) is 6.54. The molecule has 6 nitrogen and oxygen atoms in total. The highest BCUT2D eigenvalue weighted by Gasteiger charge is 2.16. The topological polar surface area (TPSA) is 69.9 Å². The van der Waals surface area contributed by atoms with Crippen molar-refractivity contribution in [3.63, 3.8) is 0 Å². The number of methoxy groups -OCH3 is 1. The molecular weight excluding hydrogens is 466 g/mol. The molecule has 1 N–H and O–H groups in total. The maximum Gasteiger partial charge on any atom is 0.248 e. The molecule has 1 amide bonds. The third-order valence-corrected chi connectivity index (χ3v) is 6.54. The van der Waals surface area contributed by atoms with Gasteiger partial charge >= 0.3 is 0 Å². The van der Waals surface area contributed by atoms with Gasteiger partial charge in [0.15, 0.2) is 11.5 Å². The van der Waals surface area contributed by atoms with Gasteiger partial charge in [0.2, 0.25) is 5.91 Å². The van der Waals surface area contributed by atoms with Crippen LogP contribution in [0.2, 0.25) is 0 Å². The molecule has 2 heterocycles. The Morgan fingerprint density at radius 1 is 0.919 bits per heavy atom. The first kappa shape index (κ1) is 22.7. The number of ether oxygens (including phenoxy) is 3. The molecule has 37 heavy (non-hydrogen) atoms. The van der Waals surface area contributed by atoms with E-state index < -0.39 is 0 Å². The Morgan fingerprint density at radius 3 is 2.57 bits per heavy atom. The summed E-state index contributed by atoms with van der Waals surface area (Å²) in [6.07, 6.45) is 3.34. The summed E-state index contributed by atoms with van der Waals surface area (Å²) in [7, 11) is 1.61. The zero-order valence-electron chi connectivity index (χ0n) is 20.5. The van der Waals surface area contributed by atoms with Crippen molar-refractivity contribution in [1.82, 2.24) is 0 Å². The minimum absolute atomic E-state index is 0.252. The first-order valence-electron chi connectivity index (χ1n) is 12.1. The number of nitrogens with one attached hydrogen (secondary N) is 1. The Morgan fingerprint density at radius 2 is 1.73 bits per heavy atom. The predicted octanol–water partition coefficient (Wildman–Crippen LogP) is 7.07. The summed E-state index contributed by atoms with van der Waals surface area (Å²) < 4.78 is 22.7. The molecule has 0 atom stereocenters. The van der Waals surface area contributed by atoms with Crippen LogP contribution in [0.5, 0.6) is 17.2 Å². The van der Waals surface area contributed by atoms with E-state index in [-0.39, 0.29) is 5.91 Å². The van der Waals surface area contributed by atoms with Crippen LogP contribution in [0.15, 0.2) is 89.6 Å². The molecule has 1 aliphatic heterocycles. The van der Waals surface area contributed by atoms with Crippen molar-refractivity contribution >= 4 is 38.9 Å². The average molecular weight is 492 g/mol. The van der Waals surface area contributed by atoms with Crippen LogP contribution in [-0.2, 0) is 4.79 Å². The Labute approximate surface area is 214 Å². The second-order valence-corrected chi connectivity index (χ2v) is 8.93. The minimum atomic E-state index is -0.252. The first-order valence-corrected chi connectivity index (χ1v) is 12.1. The van der Waals surface area contributed by atoms with Crippen LogP contribution in [0.25, 0.3) is 38.4 Å². The van der Waals surface area contributed by atoms with Gasteiger partial charge in [-0.05, 0) is 53.1 Å². The van der Waals surface area contributed by atoms with Crippen LogP contribution in [-0.4, -0.2) is 26.2 Å². The lowest BCUT2D eigenvalue weighted by Crippen LogP contribution is -2.16. The average Bonchev–Trinajstić information content (AvgIpc) is 3.34. The second kappa shape index (κ2) is 9.39. The number of carbonyl (C=O) groups is 1. The molecule has 184 valence electrons. The van der Waals surface area contributed by atoms with Gasteiger partial charge in [-0.3, -0.25) is 4.79 Å². The van der Waals surface area contributed by atoms with E-state index in [1.165, 1.54) is 5.39 Å². The van der Waals surface area contributed by atoms with Crippen LogP contribution in [0.3, 0.4) is 0 Å². The van der Waals surface area contributed by atoms with Crippen molar-refractivity contribution in [2.45, 2.75) is 6.92 Å². The van der Waals surface area contributed by atoms with E-state index in [1.54, 1.807) is 37.6 Å². The van der Waals surface area contributed by atoms with Gasteiger partial charge in [-0.15, -0.1) is 0 Å². The summed E-state index contributed by atoms with van der Waals surface area (Å²) in [5.41, 5.74) is 4.98. The molecule has 0 unspecified atom stereocenters. The molecule has 0 fully saturated rings. The Balaban J connectivity index is 1.33. The van der Waals surface area contributed by atoms with Crippen molar-refractivity contribution in [1.29, 1.82) is 0 Å². The maximum absolute atomic E-state index is 12.9. The largest absolute Gasteiger partial charge is 0.496 e. The fourth-order valence-corrected chi connectivity index (χ4v) is 4.69. The van der Waals surface area contributed by atoms with E-state index in [4.69, 9.17) is 18.6 Å². The highest BCUT2D eigenvalue weighted by molar-refractivity contribution is 6.05. The second-order valence-electron chi connectivity index (χ2n) is 8.93. The van der Waals surface area contributed by atoms with Gasteiger partial charge in [0.05, 0.1) is 13.4 Å². The summed E-state index contributed by atoms with van der Waals surface area (Å²) in [6, 6.07) is 23.9. The number of benzene rings is 4. The van der Waals surface area contributed by atoms with Crippen LogP contribution < -0.4 is 19.5 Å². The fraction of sp³-hybridized carbons (Fsp3) is 0.129. The summed E-state index contributed by atoms with van der Waals surface area (Å²) >= 11 is 0. The first-order chi connectivity index (χ1) is 18.1. The molecule has 0 aliphatic carbocycles. The fourth-order valence-electron chi connectivity index (χ4n) is 4.69. The Kier molecular flexibility index (Phi) is 5.77. The number of fused-ring (bicyclic) bond motifs is 3. The molecular formula is C31H25NO5. The third kappa shape index (κ3) is 4.38. The van der Waals surface area contributed by atoms with Gasteiger partial charge in [0.25, 0.3) is 0 Å². The standard InChI is InChI=1S/C31H25NO5/c1-19(13-31(33)32-23-9-10-27-30(15-23)36-12-11-35-27)24-16-25-26(18-37-29(25)17-28(24)34-2)22-8-7-20-5-3-4-6-21(20)14-22/h3-10,13-18H,11-12H2,1-2H3,(H,32,33)/b19-13+. The molecule has 0 saturated carbocycles. The molecule has 0 saturated heterocycles. The lowest BCUT2D eigenvalue weighted by molar-refractivity contribution is -0.111. The van der Waals surface area contributed by atoms with Gasteiger partial charge in [-0.25, -0.2) is 0 Å². The smallest absolute Gasteiger partial charge is 0.248 e. The molecule has 1 aromatic heterocycles. The molecule has 5 aromatic rings. The van der Waals surface area contributed by atoms with E-state index in [1.807, 2.05) is 31.2 Å². The van der Waals surface area contributed by atoms with Crippen LogP contribution in [0, 0.1) is 0 Å². The summed E-state index contributed by atoms with van der Waals surface area (Å²) in [6.45, 7) is 2.90.